The lowest BCUT2D eigenvalue weighted by Gasteiger charge is -2.23. The van der Waals surface area contributed by atoms with Gasteiger partial charge in [0, 0.05) is 22.8 Å². The average molecular weight is 401 g/mol. The van der Waals surface area contributed by atoms with E-state index in [1.54, 1.807) is 51.7 Å². The molecule has 0 aliphatic rings. The number of carbonyl (C=O) groups is 1. The van der Waals surface area contributed by atoms with Crippen molar-refractivity contribution in [1.29, 1.82) is 0 Å². The molecule has 1 unspecified atom stereocenters. The Morgan fingerprint density at radius 1 is 0.867 bits per heavy atom. The third kappa shape index (κ3) is 4.56. The van der Waals surface area contributed by atoms with E-state index < -0.39 is 6.04 Å². The highest BCUT2D eigenvalue weighted by Crippen LogP contribution is 2.34. The van der Waals surface area contributed by atoms with Crippen LogP contribution < -0.4 is 19.5 Å². The molecule has 3 rings (SSSR count). The molecule has 0 fully saturated rings. The summed E-state index contributed by atoms with van der Waals surface area (Å²) in [5, 5.41) is 3.10. The highest BCUT2D eigenvalue weighted by Gasteiger charge is 2.22. The molecule has 152 valence electrons. The van der Waals surface area contributed by atoms with Gasteiger partial charge in [-0.15, -0.1) is 6.42 Å². The molecule has 0 saturated heterocycles. The molecular formula is C25H23NO4. The van der Waals surface area contributed by atoms with E-state index in [0.717, 1.165) is 22.4 Å². The van der Waals surface area contributed by atoms with Crippen LogP contribution in [0, 0.1) is 12.3 Å². The van der Waals surface area contributed by atoms with Crippen LogP contribution in [0.15, 0.2) is 66.7 Å². The molecule has 1 N–H and O–H groups in total. The molecule has 3 aromatic rings. The predicted octanol–water partition coefficient (Wildman–Crippen LogP) is 4.21. The molecule has 1 atom stereocenters. The first-order valence-corrected chi connectivity index (χ1v) is 9.33. The summed E-state index contributed by atoms with van der Waals surface area (Å²) in [4.78, 5) is 13.0. The molecule has 0 saturated carbocycles. The lowest BCUT2D eigenvalue weighted by molar-refractivity contribution is 0.0942. The zero-order valence-electron chi connectivity index (χ0n) is 17.1. The smallest absolute Gasteiger partial charge is 0.252 e. The summed E-state index contributed by atoms with van der Waals surface area (Å²) in [6.07, 6.45) is 5.40. The Kier molecular flexibility index (Phi) is 6.61. The standard InChI is InChI=1S/C25H23NO4/c1-5-17-6-8-19(9-7-17)25(27)26-24(18-10-12-20(28-2)13-11-18)22-15-14-21(29-3)16-23(22)30-4/h1,6-16,24H,2-4H3,(H,26,27). The molecule has 0 spiro atoms. The Labute approximate surface area is 176 Å². The largest absolute Gasteiger partial charge is 0.497 e. The van der Waals surface area contributed by atoms with E-state index in [4.69, 9.17) is 20.6 Å². The fourth-order valence-electron chi connectivity index (χ4n) is 3.13. The van der Waals surface area contributed by atoms with E-state index in [1.807, 2.05) is 36.4 Å². The summed E-state index contributed by atoms with van der Waals surface area (Å²) in [7, 11) is 4.79. The van der Waals surface area contributed by atoms with Crippen molar-refractivity contribution in [3.63, 3.8) is 0 Å². The number of methoxy groups -OCH3 is 3. The van der Waals surface area contributed by atoms with Gasteiger partial charge in [0.2, 0.25) is 0 Å². The Morgan fingerprint density at radius 2 is 1.50 bits per heavy atom. The topological polar surface area (TPSA) is 56.8 Å². The van der Waals surface area contributed by atoms with Gasteiger partial charge >= 0.3 is 0 Å². The zero-order chi connectivity index (χ0) is 21.5. The van der Waals surface area contributed by atoms with Gasteiger partial charge in [-0.3, -0.25) is 4.79 Å². The highest BCUT2D eigenvalue weighted by molar-refractivity contribution is 5.94. The minimum Gasteiger partial charge on any atom is -0.497 e. The Hall–Kier alpha value is -3.91. The summed E-state index contributed by atoms with van der Waals surface area (Å²) in [6, 6.07) is 19.5. The molecule has 30 heavy (non-hydrogen) atoms. The van der Waals surface area contributed by atoms with Crippen LogP contribution in [0.2, 0.25) is 0 Å². The summed E-state index contributed by atoms with van der Waals surface area (Å²) in [5.74, 6) is 4.33. The molecule has 0 aliphatic carbocycles. The molecular weight excluding hydrogens is 378 g/mol. The van der Waals surface area contributed by atoms with Gasteiger partial charge in [-0.1, -0.05) is 18.1 Å². The van der Waals surface area contributed by atoms with Crippen molar-refractivity contribution >= 4 is 5.91 Å². The van der Waals surface area contributed by atoms with E-state index >= 15 is 0 Å². The maximum absolute atomic E-state index is 13.0. The SMILES string of the molecule is C#Cc1ccc(C(=O)NC(c2ccc(OC)cc2)c2ccc(OC)cc2OC)cc1. The molecule has 5 heteroatoms. The van der Waals surface area contributed by atoms with Gasteiger partial charge in [-0.25, -0.2) is 0 Å². The van der Waals surface area contributed by atoms with Crippen molar-refractivity contribution in [3.8, 4) is 29.6 Å². The van der Waals surface area contributed by atoms with Crippen LogP contribution in [0.5, 0.6) is 17.2 Å². The Balaban J connectivity index is 2.01. The summed E-state index contributed by atoms with van der Waals surface area (Å²) in [6.45, 7) is 0. The molecule has 0 heterocycles. The van der Waals surface area contributed by atoms with Crippen LogP contribution in [0.25, 0.3) is 0 Å². The molecule has 1 amide bonds. The van der Waals surface area contributed by atoms with Gasteiger partial charge in [0.05, 0.1) is 27.4 Å². The number of nitrogens with one attached hydrogen (secondary N) is 1. The van der Waals surface area contributed by atoms with Gasteiger partial charge in [-0.2, -0.15) is 0 Å². The highest BCUT2D eigenvalue weighted by atomic mass is 16.5. The van der Waals surface area contributed by atoms with E-state index in [1.165, 1.54) is 0 Å². The van der Waals surface area contributed by atoms with E-state index in [9.17, 15) is 4.79 Å². The van der Waals surface area contributed by atoms with Crippen molar-refractivity contribution in [2.45, 2.75) is 6.04 Å². The van der Waals surface area contributed by atoms with Crippen LogP contribution in [-0.2, 0) is 0 Å². The van der Waals surface area contributed by atoms with Crippen molar-refractivity contribution in [1.82, 2.24) is 5.32 Å². The average Bonchev–Trinajstić information content (AvgIpc) is 2.82. The number of hydrogen-bond acceptors (Lipinski definition) is 4. The van der Waals surface area contributed by atoms with Crippen molar-refractivity contribution in [3.05, 3.63) is 89.0 Å². The Morgan fingerprint density at radius 3 is 2.07 bits per heavy atom. The number of hydrogen-bond donors (Lipinski definition) is 1. The van der Waals surface area contributed by atoms with Gasteiger partial charge in [0.25, 0.3) is 5.91 Å². The fraction of sp³-hybridized carbons (Fsp3) is 0.160. The number of rotatable bonds is 7. The Bertz CT molecular complexity index is 1050. The summed E-state index contributed by atoms with van der Waals surface area (Å²) < 4.78 is 16.1. The van der Waals surface area contributed by atoms with Crippen LogP contribution in [0.4, 0.5) is 0 Å². The van der Waals surface area contributed by atoms with Crippen LogP contribution in [0.3, 0.4) is 0 Å². The first-order valence-electron chi connectivity index (χ1n) is 9.33. The van der Waals surface area contributed by atoms with E-state index in [0.29, 0.717) is 17.1 Å². The minimum atomic E-state index is -0.448. The second kappa shape index (κ2) is 9.53. The molecule has 0 bridgehead atoms. The lowest BCUT2D eigenvalue weighted by Crippen LogP contribution is -2.29. The minimum absolute atomic E-state index is 0.225. The van der Waals surface area contributed by atoms with E-state index in [2.05, 4.69) is 11.2 Å². The van der Waals surface area contributed by atoms with Crippen LogP contribution in [-0.4, -0.2) is 27.2 Å². The second-order valence-corrected chi connectivity index (χ2v) is 6.51. The third-order valence-corrected chi connectivity index (χ3v) is 4.79. The van der Waals surface area contributed by atoms with Crippen molar-refractivity contribution in [2.24, 2.45) is 0 Å². The lowest BCUT2D eigenvalue weighted by atomic mass is 9.96. The summed E-state index contributed by atoms with van der Waals surface area (Å²) >= 11 is 0. The van der Waals surface area contributed by atoms with Gasteiger partial charge in [-0.05, 0) is 54.1 Å². The molecule has 0 aliphatic heterocycles. The van der Waals surface area contributed by atoms with Gasteiger partial charge in [0.15, 0.2) is 0 Å². The number of benzene rings is 3. The number of carbonyl (C=O) groups excluding carboxylic acids is 1. The van der Waals surface area contributed by atoms with Gasteiger partial charge in [0.1, 0.15) is 17.2 Å². The zero-order valence-corrected chi connectivity index (χ0v) is 17.1. The summed E-state index contributed by atoms with van der Waals surface area (Å²) in [5.41, 5.74) is 2.92. The normalized spacial score (nSPS) is 11.1. The predicted molar refractivity (Wildman–Crippen MR) is 116 cm³/mol. The maximum Gasteiger partial charge on any atom is 0.252 e. The molecule has 0 radical (unpaired) electrons. The number of terminal acetylenes is 1. The first kappa shape index (κ1) is 20.8. The van der Waals surface area contributed by atoms with Crippen LogP contribution in [0.1, 0.15) is 33.1 Å². The second-order valence-electron chi connectivity index (χ2n) is 6.51. The van der Waals surface area contributed by atoms with Gasteiger partial charge < -0.3 is 19.5 Å². The van der Waals surface area contributed by atoms with Crippen molar-refractivity contribution < 1.29 is 19.0 Å². The first-order chi connectivity index (χ1) is 14.6. The molecule has 3 aromatic carbocycles. The third-order valence-electron chi connectivity index (χ3n) is 4.79. The number of ether oxygens (including phenoxy) is 3. The maximum atomic E-state index is 13.0. The van der Waals surface area contributed by atoms with Crippen molar-refractivity contribution in [2.75, 3.05) is 21.3 Å². The van der Waals surface area contributed by atoms with Crippen LogP contribution >= 0.6 is 0 Å². The number of amides is 1. The molecule has 0 aromatic heterocycles. The molecule has 5 nitrogen and oxygen atoms in total. The quantitative estimate of drug-likeness (QED) is 0.603. The monoisotopic (exact) mass is 401 g/mol. The van der Waals surface area contributed by atoms with E-state index in [-0.39, 0.29) is 5.91 Å². The fourth-order valence-corrected chi connectivity index (χ4v) is 3.13.